The number of ether oxygens (including phenoxy) is 1. The first kappa shape index (κ1) is 15.5. The van der Waals surface area contributed by atoms with Gasteiger partial charge in [0.1, 0.15) is 5.02 Å². The van der Waals surface area contributed by atoms with E-state index in [1.54, 1.807) is 11.7 Å². The van der Waals surface area contributed by atoms with Crippen LogP contribution in [0.3, 0.4) is 0 Å². The van der Waals surface area contributed by atoms with Crippen molar-refractivity contribution >= 4 is 28.3 Å². The lowest BCUT2D eigenvalue weighted by Crippen LogP contribution is -2.25. The van der Waals surface area contributed by atoms with Gasteiger partial charge in [0.05, 0.1) is 29.5 Å². The predicted octanol–water partition coefficient (Wildman–Crippen LogP) is 1.83. The summed E-state index contributed by atoms with van der Waals surface area (Å²) < 4.78 is 7.96. The van der Waals surface area contributed by atoms with E-state index < -0.39 is 5.56 Å². The molecule has 3 aromatic rings. The Labute approximate surface area is 137 Å². The van der Waals surface area contributed by atoms with Gasteiger partial charge in [-0.1, -0.05) is 23.7 Å². The Balaban J connectivity index is 2.04. The molecule has 0 fully saturated rings. The molecule has 7 nitrogen and oxygen atoms in total. The average molecular weight is 334 g/mol. The summed E-state index contributed by atoms with van der Waals surface area (Å²) in [5.74, 6) is 0.418. The smallest absolute Gasteiger partial charge is 0.295 e. The molecule has 1 aromatic carbocycles. The van der Waals surface area contributed by atoms with Gasteiger partial charge in [-0.3, -0.25) is 4.79 Å². The third-order valence-corrected chi connectivity index (χ3v) is 3.86. The van der Waals surface area contributed by atoms with Gasteiger partial charge < -0.3 is 14.6 Å². The maximum atomic E-state index is 12.5. The largest absolute Gasteiger partial charge is 0.383 e. The van der Waals surface area contributed by atoms with Gasteiger partial charge in [0.15, 0.2) is 0 Å². The topological polar surface area (TPSA) is 74.0 Å². The van der Waals surface area contributed by atoms with E-state index in [0.29, 0.717) is 24.8 Å². The lowest BCUT2D eigenvalue weighted by atomic mass is 10.3. The van der Waals surface area contributed by atoms with Crippen molar-refractivity contribution in [2.24, 2.45) is 7.05 Å². The molecule has 0 atom stereocenters. The Kier molecular flexibility index (Phi) is 4.31. The van der Waals surface area contributed by atoms with E-state index in [-0.39, 0.29) is 5.02 Å². The number of halogens is 1. The molecule has 0 aliphatic carbocycles. The van der Waals surface area contributed by atoms with Crippen LogP contribution < -0.4 is 10.9 Å². The zero-order chi connectivity index (χ0) is 16.4. The molecule has 2 heterocycles. The number of hydrogen-bond donors (Lipinski definition) is 1. The van der Waals surface area contributed by atoms with E-state index in [0.717, 1.165) is 11.0 Å². The highest BCUT2D eigenvalue weighted by molar-refractivity contribution is 6.32. The Morgan fingerprint density at radius 1 is 1.35 bits per heavy atom. The van der Waals surface area contributed by atoms with E-state index in [1.807, 2.05) is 31.3 Å². The van der Waals surface area contributed by atoms with Crippen molar-refractivity contribution in [3.63, 3.8) is 0 Å². The lowest BCUT2D eigenvalue weighted by Gasteiger charge is -2.09. The number of benzene rings is 1. The van der Waals surface area contributed by atoms with Crippen LogP contribution in [0.15, 0.2) is 35.3 Å². The van der Waals surface area contributed by atoms with E-state index >= 15 is 0 Å². The number of rotatable bonds is 5. The van der Waals surface area contributed by atoms with Gasteiger partial charge in [0.2, 0.25) is 5.95 Å². The van der Waals surface area contributed by atoms with Crippen LogP contribution in [0.2, 0.25) is 5.02 Å². The van der Waals surface area contributed by atoms with Crippen molar-refractivity contribution in [3.8, 4) is 5.95 Å². The SMILES string of the molecule is COCCNc1cnn(-c2nc3ccccc3n2C)c(=O)c1Cl. The molecule has 0 unspecified atom stereocenters. The lowest BCUT2D eigenvalue weighted by molar-refractivity contribution is 0.211. The van der Waals surface area contributed by atoms with Crippen molar-refractivity contribution in [1.29, 1.82) is 0 Å². The van der Waals surface area contributed by atoms with Gasteiger partial charge in [-0.2, -0.15) is 9.78 Å². The summed E-state index contributed by atoms with van der Waals surface area (Å²) in [4.78, 5) is 16.9. The minimum Gasteiger partial charge on any atom is -0.383 e. The standard InChI is InChI=1S/C15H16ClN5O2/c1-20-12-6-4-3-5-10(12)19-15(20)21-14(22)13(16)11(9-18-21)17-7-8-23-2/h3-6,9,17H,7-8H2,1-2H3. The number of imidazole rings is 1. The highest BCUT2D eigenvalue weighted by Crippen LogP contribution is 2.19. The van der Waals surface area contributed by atoms with Crippen molar-refractivity contribution < 1.29 is 4.74 Å². The highest BCUT2D eigenvalue weighted by atomic mass is 35.5. The quantitative estimate of drug-likeness (QED) is 0.721. The van der Waals surface area contributed by atoms with Crippen LogP contribution in [-0.4, -0.2) is 39.6 Å². The minimum absolute atomic E-state index is 0.0724. The molecular weight excluding hydrogens is 318 g/mol. The molecule has 0 amide bonds. The number of aryl methyl sites for hydroxylation is 1. The van der Waals surface area contributed by atoms with Gasteiger partial charge in [0.25, 0.3) is 5.56 Å². The van der Waals surface area contributed by atoms with E-state index in [4.69, 9.17) is 16.3 Å². The molecule has 3 rings (SSSR count). The van der Waals surface area contributed by atoms with Gasteiger partial charge in [-0.15, -0.1) is 0 Å². The molecular formula is C15H16ClN5O2. The fourth-order valence-corrected chi connectivity index (χ4v) is 2.50. The van der Waals surface area contributed by atoms with Crippen LogP contribution in [0.4, 0.5) is 5.69 Å². The summed E-state index contributed by atoms with van der Waals surface area (Å²) in [5, 5.41) is 7.26. The molecule has 0 saturated heterocycles. The molecule has 0 aliphatic rings. The zero-order valence-electron chi connectivity index (χ0n) is 12.8. The van der Waals surface area contributed by atoms with E-state index in [2.05, 4.69) is 15.4 Å². The number of hydrogen-bond acceptors (Lipinski definition) is 5. The Hall–Kier alpha value is -2.38. The van der Waals surface area contributed by atoms with Crippen molar-refractivity contribution in [2.75, 3.05) is 25.6 Å². The van der Waals surface area contributed by atoms with Crippen molar-refractivity contribution in [1.82, 2.24) is 19.3 Å². The fraction of sp³-hybridized carbons (Fsp3) is 0.267. The normalized spacial score (nSPS) is 11.1. The van der Waals surface area contributed by atoms with Crippen LogP contribution in [0.1, 0.15) is 0 Å². The fourth-order valence-electron chi connectivity index (χ4n) is 2.31. The van der Waals surface area contributed by atoms with Crippen LogP contribution >= 0.6 is 11.6 Å². The van der Waals surface area contributed by atoms with E-state index in [9.17, 15) is 4.79 Å². The van der Waals surface area contributed by atoms with Crippen LogP contribution in [0.5, 0.6) is 0 Å². The molecule has 0 saturated carbocycles. The molecule has 2 aromatic heterocycles. The molecule has 0 spiro atoms. The predicted molar refractivity (Wildman–Crippen MR) is 89.5 cm³/mol. The first-order valence-corrected chi connectivity index (χ1v) is 7.43. The number of aromatic nitrogens is 4. The van der Waals surface area contributed by atoms with Gasteiger partial charge >= 0.3 is 0 Å². The van der Waals surface area contributed by atoms with Gasteiger partial charge in [0, 0.05) is 20.7 Å². The number of methoxy groups -OCH3 is 1. The summed E-state index contributed by atoms with van der Waals surface area (Å²) in [5.41, 5.74) is 1.75. The second kappa shape index (κ2) is 6.39. The van der Waals surface area contributed by atoms with Crippen LogP contribution in [0.25, 0.3) is 17.0 Å². The molecule has 0 radical (unpaired) electrons. The van der Waals surface area contributed by atoms with Gasteiger partial charge in [-0.05, 0) is 12.1 Å². The molecule has 0 bridgehead atoms. The van der Waals surface area contributed by atoms with Crippen molar-refractivity contribution in [2.45, 2.75) is 0 Å². The highest BCUT2D eigenvalue weighted by Gasteiger charge is 2.15. The molecule has 120 valence electrons. The third kappa shape index (κ3) is 2.80. The van der Waals surface area contributed by atoms with Crippen molar-refractivity contribution in [3.05, 3.63) is 45.8 Å². The second-order valence-corrected chi connectivity index (χ2v) is 5.35. The zero-order valence-corrected chi connectivity index (χ0v) is 13.5. The molecule has 23 heavy (non-hydrogen) atoms. The van der Waals surface area contributed by atoms with Crippen LogP contribution in [0, 0.1) is 0 Å². The van der Waals surface area contributed by atoms with Gasteiger partial charge in [-0.25, -0.2) is 4.98 Å². The monoisotopic (exact) mass is 333 g/mol. The number of nitrogens with one attached hydrogen (secondary N) is 1. The minimum atomic E-state index is -0.424. The maximum absolute atomic E-state index is 12.5. The summed E-state index contributed by atoms with van der Waals surface area (Å²) >= 11 is 6.16. The number of para-hydroxylation sites is 2. The first-order chi connectivity index (χ1) is 11.1. The number of fused-ring (bicyclic) bond motifs is 1. The summed E-state index contributed by atoms with van der Waals surface area (Å²) in [7, 11) is 3.43. The molecule has 0 aliphatic heterocycles. The first-order valence-electron chi connectivity index (χ1n) is 7.06. The molecule has 8 heteroatoms. The Morgan fingerprint density at radius 3 is 2.87 bits per heavy atom. The average Bonchev–Trinajstić information content (AvgIpc) is 2.89. The Morgan fingerprint density at radius 2 is 2.13 bits per heavy atom. The Bertz CT molecular complexity index is 903. The van der Waals surface area contributed by atoms with Crippen LogP contribution in [-0.2, 0) is 11.8 Å². The summed E-state index contributed by atoms with van der Waals surface area (Å²) in [6, 6.07) is 7.62. The number of anilines is 1. The van der Waals surface area contributed by atoms with E-state index in [1.165, 1.54) is 10.9 Å². The number of nitrogens with zero attached hydrogens (tertiary/aromatic N) is 4. The second-order valence-electron chi connectivity index (χ2n) is 4.97. The maximum Gasteiger partial charge on any atom is 0.295 e. The summed E-state index contributed by atoms with van der Waals surface area (Å²) in [6.45, 7) is 1.04. The third-order valence-electron chi connectivity index (χ3n) is 3.49. The molecule has 1 N–H and O–H groups in total. The summed E-state index contributed by atoms with van der Waals surface area (Å²) in [6.07, 6.45) is 1.51.